The van der Waals surface area contributed by atoms with Crippen molar-refractivity contribution in [2.45, 2.75) is 6.92 Å². The molecule has 1 saturated heterocycles. The molecule has 0 bridgehead atoms. The normalized spacial score (nSPS) is 16.3. The van der Waals surface area contributed by atoms with Gasteiger partial charge in [0.1, 0.15) is 0 Å². The topological polar surface area (TPSA) is 52.2 Å². The summed E-state index contributed by atoms with van der Waals surface area (Å²) in [6, 6.07) is 8.12. The van der Waals surface area contributed by atoms with E-state index < -0.39 is 0 Å². The van der Waals surface area contributed by atoms with Gasteiger partial charge in [-0.3, -0.25) is 9.89 Å². The molecule has 3 rings (SSSR count). The zero-order valence-electron chi connectivity index (χ0n) is 10.4. The number of hydrogen-bond acceptors (Lipinski definition) is 3. The zero-order valence-corrected chi connectivity index (χ0v) is 10.4. The van der Waals surface area contributed by atoms with Crippen LogP contribution in [0.1, 0.15) is 6.92 Å². The number of aromatic amines is 1. The minimum Gasteiger partial charge on any atom is -0.351 e. The molecule has 5 nitrogen and oxygen atoms in total. The fourth-order valence-electron chi connectivity index (χ4n) is 2.42. The highest BCUT2D eigenvalue weighted by molar-refractivity contribution is 5.90. The third kappa shape index (κ3) is 1.81. The van der Waals surface area contributed by atoms with E-state index in [1.54, 1.807) is 6.92 Å². The lowest BCUT2D eigenvalue weighted by Crippen LogP contribution is -2.48. The van der Waals surface area contributed by atoms with E-state index in [9.17, 15) is 4.79 Å². The van der Waals surface area contributed by atoms with Gasteiger partial charge >= 0.3 is 0 Å². The summed E-state index contributed by atoms with van der Waals surface area (Å²) in [7, 11) is 0. The smallest absolute Gasteiger partial charge is 0.219 e. The maximum atomic E-state index is 11.3. The van der Waals surface area contributed by atoms with Crippen LogP contribution in [0.4, 0.5) is 5.82 Å². The number of amides is 1. The molecule has 0 aliphatic carbocycles. The van der Waals surface area contributed by atoms with Gasteiger partial charge in [0, 0.05) is 38.5 Å². The first-order valence-electron chi connectivity index (χ1n) is 6.19. The number of fused-ring (bicyclic) bond motifs is 1. The molecule has 1 aliphatic heterocycles. The summed E-state index contributed by atoms with van der Waals surface area (Å²) >= 11 is 0. The van der Waals surface area contributed by atoms with Crippen molar-refractivity contribution < 1.29 is 4.79 Å². The average molecular weight is 244 g/mol. The first kappa shape index (κ1) is 11.1. The van der Waals surface area contributed by atoms with Gasteiger partial charge in [0.25, 0.3) is 0 Å². The first-order chi connectivity index (χ1) is 8.75. The molecule has 1 aromatic carbocycles. The van der Waals surface area contributed by atoms with Crippen molar-refractivity contribution >= 4 is 22.6 Å². The van der Waals surface area contributed by atoms with E-state index in [2.05, 4.69) is 21.2 Å². The Morgan fingerprint density at radius 1 is 1.22 bits per heavy atom. The minimum absolute atomic E-state index is 0.154. The Morgan fingerprint density at radius 2 is 1.94 bits per heavy atom. The van der Waals surface area contributed by atoms with Crippen LogP contribution >= 0.6 is 0 Å². The monoisotopic (exact) mass is 244 g/mol. The van der Waals surface area contributed by atoms with E-state index in [4.69, 9.17) is 0 Å². The van der Waals surface area contributed by atoms with Crippen molar-refractivity contribution in [1.29, 1.82) is 0 Å². The quantitative estimate of drug-likeness (QED) is 0.821. The van der Waals surface area contributed by atoms with Crippen LogP contribution in [-0.2, 0) is 4.79 Å². The number of carbonyl (C=O) groups excluding carboxylic acids is 1. The lowest BCUT2D eigenvalue weighted by molar-refractivity contribution is -0.129. The van der Waals surface area contributed by atoms with E-state index >= 15 is 0 Å². The number of nitrogens with one attached hydrogen (secondary N) is 1. The van der Waals surface area contributed by atoms with Crippen molar-refractivity contribution in [3.05, 3.63) is 24.3 Å². The standard InChI is InChI=1S/C13H16N4O/c1-10(18)16-6-8-17(9-7-16)13-11-4-2-3-5-12(11)14-15-13/h2-5H,6-9H2,1H3,(H,14,15). The van der Waals surface area contributed by atoms with Crippen LogP contribution in [0.5, 0.6) is 0 Å². The van der Waals surface area contributed by atoms with E-state index in [1.807, 2.05) is 23.1 Å². The van der Waals surface area contributed by atoms with Crippen LogP contribution in [-0.4, -0.2) is 47.2 Å². The fourth-order valence-corrected chi connectivity index (χ4v) is 2.42. The Balaban J connectivity index is 1.82. The Kier molecular flexibility index (Phi) is 2.66. The van der Waals surface area contributed by atoms with E-state index in [0.717, 1.165) is 42.9 Å². The summed E-state index contributed by atoms with van der Waals surface area (Å²) in [5, 5.41) is 8.58. The molecule has 1 aromatic heterocycles. The van der Waals surface area contributed by atoms with E-state index in [0.29, 0.717) is 0 Å². The van der Waals surface area contributed by atoms with Gasteiger partial charge in [-0.15, -0.1) is 0 Å². The Bertz CT molecular complexity index is 569. The maximum Gasteiger partial charge on any atom is 0.219 e. The highest BCUT2D eigenvalue weighted by Gasteiger charge is 2.21. The number of nitrogens with zero attached hydrogens (tertiary/aromatic N) is 3. The van der Waals surface area contributed by atoms with Crippen LogP contribution in [0.15, 0.2) is 24.3 Å². The summed E-state index contributed by atoms with van der Waals surface area (Å²) in [5.74, 6) is 1.15. The Morgan fingerprint density at radius 3 is 2.67 bits per heavy atom. The molecule has 1 aliphatic rings. The molecule has 2 aromatic rings. The van der Waals surface area contributed by atoms with Crippen molar-refractivity contribution in [3.8, 4) is 0 Å². The zero-order chi connectivity index (χ0) is 12.5. The van der Waals surface area contributed by atoms with Gasteiger partial charge in [0.05, 0.1) is 5.52 Å². The predicted molar refractivity (Wildman–Crippen MR) is 70.6 cm³/mol. The van der Waals surface area contributed by atoms with Gasteiger partial charge < -0.3 is 9.80 Å². The largest absolute Gasteiger partial charge is 0.351 e. The average Bonchev–Trinajstić information content (AvgIpc) is 2.82. The van der Waals surface area contributed by atoms with Crippen LogP contribution < -0.4 is 4.90 Å². The van der Waals surface area contributed by atoms with Crippen LogP contribution in [0.25, 0.3) is 10.9 Å². The second-order valence-corrected chi connectivity index (χ2v) is 4.59. The summed E-state index contributed by atoms with van der Waals surface area (Å²) < 4.78 is 0. The summed E-state index contributed by atoms with van der Waals surface area (Å²) in [4.78, 5) is 15.4. The molecule has 1 N–H and O–H groups in total. The molecular weight excluding hydrogens is 228 g/mol. The number of benzene rings is 1. The molecule has 0 saturated carbocycles. The van der Waals surface area contributed by atoms with Crippen molar-refractivity contribution in [1.82, 2.24) is 15.1 Å². The van der Waals surface area contributed by atoms with Crippen LogP contribution in [0, 0.1) is 0 Å². The van der Waals surface area contributed by atoms with Crippen molar-refractivity contribution in [2.24, 2.45) is 0 Å². The molecular formula is C13H16N4O. The number of rotatable bonds is 1. The molecule has 0 unspecified atom stereocenters. The molecule has 5 heteroatoms. The molecule has 1 fully saturated rings. The van der Waals surface area contributed by atoms with Gasteiger partial charge in [-0.25, -0.2) is 0 Å². The molecule has 1 amide bonds. The highest BCUT2D eigenvalue weighted by atomic mass is 16.2. The highest BCUT2D eigenvalue weighted by Crippen LogP contribution is 2.24. The molecule has 18 heavy (non-hydrogen) atoms. The third-order valence-electron chi connectivity index (χ3n) is 3.47. The molecule has 94 valence electrons. The second kappa shape index (κ2) is 4.33. The van der Waals surface area contributed by atoms with Gasteiger partial charge in [0.15, 0.2) is 5.82 Å². The number of aromatic nitrogens is 2. The second-order valence-electron chi connectivity index (χ2n) is 4.59. The number of carbonyl (C=O) groups is 1. The number of para-hydroxylation sites is 1. The number of piperazine rings is 1. The maximum absolute atomic E-state index is 11.3. The molecule has 0 spiro atoms. The first-order valence-corrected chi connectivity index (χ1v) is 6.19. The SMILES string of the molecule is CC(=O)N1CCN(c2n[nH]c3ccccc23)CC1. The van der Waals surface area contributed by atoms with Gasteiger partial charge in [-0.1, -0.05) is 12.1 Å². The number of H-pyrrole nitrogens is 1. The lowest BCUT2D eigenvalue weighted by atomic mass is 10.2. The lowest BCUT2D eigenvalue weighted by Gasteiger charge is -2.34. The van der Waals surface area contributed by atoms with Gasteiger partial charge in [-0.05, 0) is 12.1 Å². The number of anilines is 1. The van der Waals surface area contributed by atoms with E-state index in [1.165, 1.54) is 0 Å². The van der Waals surface area contributed by atoms with E-state index in [-0.39, 0.29) is 5.91 Å². The Labute approximate surface area is 105 Å². The summed E-state index contributed by atoms with van der Waals surface area (Å²) in [6.07, 6.45) is 0. The van der Waals surface area contributed by atoms with Gasteiger partial charge in [-0.2, -0.15) is 5.10 Å². The predicted octanol–water partition coefficient (Wildman–Crippen LogP) is 1.23. The summed E-state index contributed by atoms with van der Waals surface area (Å²) in [6.45, 7) is 4.86. The van der Waals surface area contributed by atoms with Crippen molar-refractivity contribution in [3.63, 3.8) is 0 Å². The molecule has 2 heterocycles. The Hall–Kier alpha value is -2.04. The fraction of sp³-hybridized carbons (Fsp3) is 0.385. The third-order valence-corrected chi connectivity index (χ3v) is 3.47. The molecule has 0 atom stereocenters. The minimum atomic E-state index is 0.154. The van der Waals surface area contributed by atoms with Crippen LogP contribution in [0.3, 0.4) is 0 Å². The van der Waals surface area contributed by atoms with Gasteiger partial charge in [0.2, 0.25) is 5.91 Å². The number of hydrogen-bond donors (Lipinski definition) is 1. The van der Waals surface area contributed by atoms with Crippen LogP contribution in [0.2, 0.25) is 0 Å². The summed E-state index contributed by atoms with van der Waals surface area (Å²) in [5.41, 5.74) is 1.06. The molecule has 0 radical (unpaired) electrons. The van der Waals surface area contributed by atoms with Crippen molar-refractivity contribution in [2.75, 3.05) is 31.1 Å².